The van der Waals surface area contributed by atoms with Crippen molar-refractivity contribution >= 4 is 22.3 Å². The second kappa shape index (κ2) is 9.39. The van der Waals surface area contributed by atoms with E-state index in [4.69, 9.17) is 4.74 Å². The number of allylic oxidation sites excluding steroid dienone is 6. The normalized spacial score (nSPS) is 14.2. The zero-order chi connectivity index (χ0) is 14.8. The van der Waals surface area contributed by atoms with Gasteiger partial charge in [-0.05, 0) is 36.9 Å². The number of hydrogen-bond acceptors (Lipinski definition) is 2. The van der Waals surface area contributed by atoms with E-state index < -0.39 is 0 Å². The van der Waals surface area contributed by atoms with Crippen LogP contribution in [0.25, 0.3) is 0 Å². The Bertz CT molecular complexity index is 457. The molecule has 0 unspecified atom stereocenters. The molecule has 0 aromatic rings. The van der Waals surface area contributed by atoms with Gasteiger partial charge in [-0.2, -0.15) is 0 Å². The molecule has 1 amide bonds. The van der Waals surface area contributed by atoms with Crippen molar-refractivity contribution < 1.29 is 9.53 Å². The maximum absolute atomic E-state index is 10.3. The van der Waals surface area contributed by atoms with Crippen molar-refractivity contribution in [1.82, 2.24) is 5.32 Å². The van der Waals surface area contributed by atoms with Crippen molar-refractivity contribution in [2.75, 3.05) is 7.11 Å². The van der Waals surface area contributed by atoms with Crippen molar-refractivity contribution in [2.24, 2.45) is 0 Å². The molecule has 104 valence electrons. The second-order valence-corrected chi connectivity index (χ2v) is 4.48. The number of halogens is 1. The van der Waals surface area contributed by atoms with Crippen molar-refractivity contribution in [3.63, 3.8) is 0 Å². The Kier molecular flexibility index (Phi) is 8.62. The van der Waals surface area contributed by atoms with E-state index in [0.717, 1.165) is 22.3 Å². The molecule has 0 heterocycles. The number of nitrogens with one attached hydrogen (secondary N) is 1. The van der Waals surface area contributed by atoms with Crippen LogP contribution in [0, 0.1) is 0 Å². The first-order valence-corrected chi connectivity index (χ1v) is 6.65. The maximum atomic E-state index is 10.3. The van der Waals surface area contributed by atoms with Crippen LogP contribution in [-0.2, 0) is 9.53 Å². The Labute approximate surface area is 123 Å². The number of rotatable bonds is 7. The van der Waals surface area contributed by atoms with Crippen LogP contribution in [0.1, 0.15) is 20.8 Å². The fourth-order valence-electron chi connectivity index (χ4n) is 1.37. The van der Waals surface area contributed by atoms with Gasteiger partial charge in [0.1, 0.15) is 5.76 Å². The van der Waals surface area contributed by atoms with Crippen LogP contribution < -0.4 is 5.32 Å². The summed E-state index contributed by atoms with van der Waals surface area (Å²) >= 11 is 3.28. The predicted molar refractivity (Wildman–Crippen MR) is 83.6 cm³/mol. The molecule has 1 N–H and O–H groups in total. The maximum Gasteiger partial charge on any atom is 0.211 e. The van der Waals surface area contributed by atoms with E-state index in [9.17, 15) is 4.79 Å². The number of hydrogen-bond donors (Lipinski definition) is 1. The molecule has 0 fully saturated rings. The van der Waals surface area contributed by atoms with Gasteiger partial charge in [0.25, 0.3) is 0 Å². The highest BCUT2D eigenvalue weighted by atomic mass is 79.9. The number of carbonyl (C=O) groups excluding carboxylic acids is 1. The highest BCUT2D eigenvalue weighted by Crippen LogP contribution is 2.22. The van der Waals surface area contributed by atoms with Crippen molar-refractivity contribution in [3.05, 3.63) is 58.0 Å². The summed E-state index contributed by atoms with van der Waals surface area (Å²) in [5, 5.41) is 2.50. The molecule has 0 saturated carbocycles. The Morgan fingerprint density at radius 2 is 1.89 bits per heavy atom. The van der Waals surface area contributed by atoms with Gasteiger partial charge in [0.2, 0.25) is 6.41 Å². The topological polar surface area (TPSA) is 38.3 Å². The zero-order valence-corrected chi connectivity index (χ0v) is 13.4. The summed E-state index contributed by atoms with van der Waals surface area (Å²) in [6.45, 7) is 9.70. The molecule has 0 bridgehead atoms. The average Bonchev–Trinajstić information content (AvgIpc) is 2.39. The Balaban J connectivity index is 5.61. The highest BCUT2D eigenvalue weighted by molar-refractivity contribution is 9.11. The summed E-state index contributed by atoms with van der Waals surface area (Å²) in [6, 6.07) is 0. The van der Waals surface area contributed by atoms with Crippen LogP contribution in [-0.4, -0.2) is 13.5 Å². The standard InChI is InChI=1S/C15H20BrNO2/c1-11(2)14(7-6-12(3)8-16)15(19-5)13(4)9-17-10-18/h6-10H,1H2,2-5H3,(H,17,18)/b7-6+,12-8+,13-9+,15-14-. The van der Waals surface area contributed by atoms with E-state index >= 15 is 0 Å². The van der Waals surface area contributed by atoms with Gasteiger partial charge < -0.3 is 10.1 Å². The molecule has 0 aromatic carbocycles. The van der Waals surface area contributed by atoms with E-state index in [2.05, 4.69) is 27.8 Å². The minimum atomic E-state index is 0.616. The van der Waals surface area contributed by atoms with Gasteiger partial charge in [-0.1, -0.05) is 34.7 Å². The van der Waals surface area contributed by atoms with E-state index in [0.29, 0.717) is 12.2 Å². The van der Waals surface area contributed by atoms with Crippen molar-refractivity contribution in [2.45, 2.75) is 20.8 Å². The summed E-state index contributed by atoms with van der Waals surface area (Å²) in [6.07, 6.45) is 6.10. The molecule has 0 aromatic heterocycles. The lowest BCUT2D eigenvalue weighted by molar-refractivity contribution is -0.108. The fraction of sp³-hybridized carbons (Fsp3) is 0.267. The molecule has 0 saturated heterocycles. The van der Waals surface area contributed by atoms with Crippen molar-refractivity contribution in [3.8, 4) is 0 Å². The monoisotopic (exact) mass is 325 g/mol. The average molecular weight is 326 g/mol. The summed E-state index contributed by atoms with van der Waals surface area (Å²) in [7, 11) is 1.59. The van der Waals surface area contributed by atoms with E-state index in [1.807, 2.05) is 37.9 Å². The number of carbonyl (C=O) groups is 1. The molecular formula is C15H20BrNO2. The molecule has 0 aliphatic carbocycles. The molecule has 0 radical (unpaired) electrons. The summed E-state index contributed by atoms with van der Waals surface area (Å²) in [5.74, 6) is 0.681. The first-order chi connectivity index (χ1) is 8.97. The quantitative estimate of drug-likeness (QED) is 0.437. The van der Waals surface area contributed by atoms with Crippen molar-refractivity contribution in [1.29, 1.82) is 0 Å². The Morgan fingerprint density at radius 3 is 2.32 bits per heavy atom. The van der Waals surface area contributed by atoms with E-state index in [-0.39, 0.29) is 0 Å². The first kappa shape index (κ1) is 17.4. The third-order valence-electron chi connectivity index (χ3n) is 2.32. The van der Waals surface area contributed by atoms with Crippen LogP contribution in [0.15, 0.2) is 58.0 Å². The third-order valence-corrected chi connectivity index (χ3v) is 3.04. The molecule has 3 nitrogen and oxygen atoms in total. The Hall–Kier alpha value is -1.55. The molecule has 0 aliphatic rings. The van der Waals surface area contributed by atoms with Gasteiger partial charge in [0.05, 0.1) is 7.11 Å². The number of ether oxygens (including phenoxy) is 1. The van der Waals surface area contributed by atoms with Gasteiger partial charge in [-0.15, -0.1) is 0 Å². The number of amides is 1. The predicted octanol–water partition coefficient (Wildman–Crippen LogP) is 3.97. The molecule has 0 aliphatic heterocycles. The van der Waals surface area contributed by atoms with E-state index in [1.54, 1.807) is 13.3 Å². The lowest BCUT2D eigenvalue weighted by Crippen LogP contribution is -2.04. The van der Waals surface area contributed by atoms with Gasteiger partial charge >= 0.3 is 0 Å². The molecule has 19 heavy (non-hydrogen) atoms. The lowest BCUT2D eigenvalue weighted by Gasteiger charge is -2.12. The van der Waals surface area contributed by atoms with Crippen LogP contribution in [0.3, 0.4) is 0 Å². The molecular weight excluding hydrogens is 306 g/mol. The van der Waals surface area contributed by atoms with Gasteiger partial charge in [-0.25, -0.2) is 0 Å². The summed E-state index contributed by atoms with van der Waals surface area (Å²) < 4.78 is 5.41. The second-order valence-electron chi connectivity index (χ2n) is 4.03. The SMILES string of the molecule is C=C(C)C(/C=C/C(C)=C/Br)=C(OC)/C(C)=C/NC=O. The fourth-order valence-corrected chi connectivity index (χ4v) is 1.52. The molecule has 0 spiro atoms. The smallest absolute Gasteiger partial charge is 0.211 e. The van der Waals surface area contributed by atoms with Crippen LogP contribution in [0.2, 0.25) is 0 Å². The van der Waals surface area contributed by atoms with Crippen LogP contribution in [0.5, 0.6) is 0 Å². The molecule has 0 atom stereocenters. The zero-order valence-electron chi connectivity index (χ0n) is 11.8. The van der Waals surface area contributed by atoms with Gasteiger partial charge in [-0.3, -0.25) is 4.79 Å². The molecule has 0 rings (SSSR count). The Morgan fingerprint density at radius 1 is 1.26 bits per heavy atom. The minimum Gasteiger partial charge on any atom is -0.496 e. The lowest BCUT2D eigenvalue weighted by atomic mass is 10.0. The van der Waals surface area contributed by atoms with Gasteiger partial charge in [0, 0.05) is 17.3 Å². The van der Waals surface area contributed by atoms with Gasteiger partial charge in [0.15, 0.2) is 0 Å². The number of methoxy groups -OCH3 is 1. The van der Waals surface area contributed by atoms with E-state index in [1.165, 1.54) is 0 Å². The van der Waals surface area contributed by atoms with Crippen LogP contribution >= 0.6 is 15.9 Å². The third kappa shape index (κ3) is 6.25. The largest absolute Gasteiger partial charge is 0.496 e. The first-order valence-electron chi connectivity index (χ1n) is 5.74. The summed E-state index contributed by atoms with van der Waals surface area (Å²) in [5.41, 5.74) is 3.66. The highest BCUT2D eigenvalue weighted by Gasteiger charge is 2.08. The summed E-state index contributed by atoms with van der Waals surface area (Å²) in [4.78, 5) is 12.2. The minimum absolute atomic E-state index is 0.616. The molecule has 4 heteroatoms. The van der Waals surface area contributed by atoms with Crippen LogP contribution in [0.4, 0.5) is 0 Å².